The van der Waals surface area contributed by atoms with Crippen LogP contribution in [0, 0.1) is 5.41 Å². The molecule has 0 aliphatic heterocycles. The number of anilines is 2. The van der Waals surface area contributed by atoms with Gasteiger partial charge >= 0.3 is 0 Å². The highest BCUT2D eigenvalue weighted by atomic mass is 35.5. The number of hydrogen-bond acceptors (Lipinski definition) is 4. The highest BCUT2D eigenvalue weighted by molar-refractivity contribution is 5.97. The van der Waals surface area contributed by atoms with E-state index >= 15 is 0 Å². The number of nitrogen functional groups attached to an aromatic ring is 1. The summed E-state index contributed by atoms with van der Waals surface area (Å²) < 4.78 is 5.63. The Morgan fingerprint density at radius 1 is 1.20 bits per heavy atom. The first-order chi connectivity index (χ1) is 13.7. The van der Waals surface area contributed by atoms with Crippen molar-refractivity contribution < 1.29 is 9.53 Å². The zero-order chi connectivity index (χ0) is 21.4. The van der Waals surface area contributed by atoms with E-state index in [1.54, 1.807) is 6.07 Å². The van der Waals surface area contributed by atoms with Crippen molar-refractivity contribution in [2.75, 3.05) is 23.3 Å². The topological polar surface area (TPSA) is 91.4 Å². The molecular weight excluding hydrogens is 400 g/mol. The Morgan fingerprint density at radius 2 is 1.87 bits per heavy atom. The third-order valence-corrected chi connectivity index (χ3v) is 4.09. The van der Waals surface area contributed by atoms with Crippen molar-refractivity contribution in [2.45, 2.75) is 33.8 Å². The molecule has 0 saturated heterocycles. The van der Waals surface area contributed by atoms with E-state index in [0.29, 0.717) is 17.8 Å². The van der Waals surface area contributed by atoms with Gasteiger partial charge in [-0.1, -0.05) is 23.8 Å². The van der Waals surface area contributed by atoms with Crippen molar-refractivity contribution in [3.05, 3.63) is 65.7 Å². The van der Waals surface area contributed by atoms with Crippen LogP contribution in [0.5, 0.6) is 5.75 Å². The third kappa shape index (κ3) is 8.17. The minimum absolute atomic E-state index is 0. The molecule has 1 amide bonds. The number of nitrogens with zero attached hydrogens (tertiary/aromatic N) is 1. The lowest BCUT2D eigenvalue weighted by Gasteiger charge is -2.24. The van der Waals surface area contributed by atoms with Gasteiger partial charge < -0.3 is 20.7 Å². The summed E-state index contributed by atoms with van der Waals surface area (Å²) in [6, 6.07) is 14.7. The van der Waals surface area contributed by atoms with E-state index in [0.717, 1.165) is 11.4 Å². The van der Waals surface area contributed by atoms with Crippen LogP contribution in [-0.4, -0.2) is 30.9 Å². The largest absolute Gasteiger partial charge is 0.491 e. The summed E-state index contributed by atoms with van der Waals surface area (Å²) in [7, 11) is 0. The van der Waals surface area contributed by atoms with Crippen molar-refractivity contribution in [3.63, 3.8) is 0 Å². The van der Waals surface area contributed by atoms with Gasteiger partial charge in [0, 0.05) is 23.5 Å². The summed E-state index contributed by atoms with van der Waals surface area (Å²) in [5.41, 5.74) is 8.96. The van der Waals surface area contributed by atoms with Crippen molar-refractivity contribution in [3.8, 4) is 5.75 Å². The molecule has 30 heavy (non-hydrogen) atoms. The van der Waals surface area contributed by atoms with Gasteiger partial charge in [0.1, 0.15) is 11.6 Å². The maximum atomic E-state index is 12.7. The fourth-order valence-electron chi connectivity index (χ4n) is 2.69. The van der Waals surface area contributed by atoms with Crippen LogP contribution in [0.25, 0.3) is 0 Å². The normalized spacial score (nSPS) is 10.0. The number of nitrogens with one attached hydrogen (secondary N) is 2. The van der Waals surface area contributed by atoms with Crippen LogP contribution < -0.4 is 20.7 Å². The molecule has 2 aromatic rings. The van der Waals surface area contributed by atoms with Crippen LogP contribution in [0.3, 0.4) is 0 Å². The van der Waals surface area contributed by atoms with Crippen molar-refractivity contribution in [1.82, 2.24) is 0 Å². The lowest BCUT2D eigenvalue weighted by molar-refractivity contribution is -0.115. The molecule has 7 heteroatoms. The Labute approximate surface area is 185 Å². The van der Waals surface area contributed by atoms with Gasteiger partial charge in [-0.05, 0) is 64.1 Å². The van der Waals surface area contributed by atoms with Crippen molar-refractivity contribution in [2.24, 2.45) is 5.73 Å². The molecule has 0 aliphatic carbocycles. The number of allylic oxidation sites excluding steroid dienone is 1. The average molecular weight is 431 g/mol. The number of benzene rings is 2. The van der Waals surface area contributed by atoms with Crippen molar-refractivity contribution >= 4 is 35.5 Å². The first-order valence-electron chi connectivity index (χ1n) is 9.64. The van der Waals surface area contributed by atoms with Crippen LogP contribution in [0.4, 0.5) is 11.4 Å². The molecule has 0 aliphatic rings. The van der Waals surface area contributed by atoms with Crippen LogP contribution in [-0.2, 0) is 4.79 Å². The molecular formula is C23H31ClN4O2. The molecule has 2 rings (SSSR count). The van der Waals surface area contributed by atoms with Gasteiger partial charge in [-0.15, -0.1) is 12.4 Å². The highest BCUT2D eigenvalue weighted by Gasteiger charge is 2.12. The van der Waals surface area contributed by atoms with Crippen LogP contribution in [0.2, 0.25) is 0 Å². The van der Waals surface area contributed by atoms with Gasteiger partial charge in [0.25, 0.3) is 0 Å². The minimum atomic E-state index is -0.127. The number of carbonyl (C=O) groups is 1. The van der Waals surface area contributed by atoms with Crippen LogP contribution in [0.15, 0.2) is 60.2 Å². The highest BCUT2D eigenvalue weighted by Crippen LogP contribution is 2.19. The van der Waals surface area contributed by atoms with Gasteiger partial charge in [0.2, 0.25) is 5.91 Å². The number of ether oxygens (including phenoxy) is 1. The predicted octanol–water partition coefficient (Wildman–Crippen LogP) is 4.59. The molecule has 0 atom stereocenters. The van der Waals surface area contributed by atoms with E-state index < -0.39 is 0 Å². The van der Waals surface area contributed by atoms with E-state index in [1.807, 2.05) is 75.1 Å². The second kappa shape index (κ2) is 11.9. The third-order valence-electron chi connectivity index (χ3n) is 4.09. The second-order valence-electron chi connectivity index (χ2n) is 7.37. The first-order valence-corrected chi connectivity index (χ1v) is 9.64. The number of rotatable bonds is 9. The standard InChI is InChI=1S/C23H30N4O2.ClH/c1-16(2)12-13-27(20-7-5-6-18(14-20)23(24)25)15-22(28)26-19-8-10-21(11-9-19)29-17(3)4;/h5-12,14,17H,13,15H2,1-4H3,(H3,24,25)(H,26,28);1H. The smallest absolute Gasteiger partial charge is 0.243 e. The van der Waals surface area contributed by atoms with E-state index in [4.69, 9.17) is 15.9 Å². The molecule has 0 heterocycles. The molecule has 6 nitrogen and oxygen atoms in total. The monoisotopic (exact) mass is 430 g/mol. The number of hydrogen-bond donors (Lipinski definition) is 3. The minimum Gasteiger partial charge on any atom is -0.491 e. The average Bonchev–Trinajstić information content (AvgIpc) is 2.66. The van der Waals surface area contributed by atoms with E-state index in [9.17, 15) is 4.79 Å². The molecule has 0 spiro atoms. The molecule has 2 aromatic carbocycles. The fourth-order valence-corrected chi connectivity index (χ4v) is 2.69. The molecule has 4 N–H and O–H groups in total. The van der Waals surface area contributed by atoms with Gasteiger partial charge in [0.15, 0.2) is 0 Å². The van der Waals surface area contributed by atoms with Gasteiger partial charge in [0.05, 0.1) is 12.6 Å². The SMILES string of the molecule is CC(C)=CCN(CC(=O)Nc1ccc(OC(C)C)cc1)c1cccc(C(=N)N)c1.Cl. The Bertz CT molecular complexity index is 875. The van der Waals surface area contributed by atoms with Crippen molar-refractivity contribution in [1.29, 1.82) is 5.41 Å². The summed E-state index contributed by atoms with van der Waals surface area (Å²) in [4.78, 5) is 14.6. The molecule has 0 saturated carbocycles. The molecule has 0 aromatic heterocycles. The number of amidine groups is 1. The quantitative estimate of drug-likeness (QED) is 0.308. The number of carbonyl (C=O) groups excluding carboxylic acids is 1. The summed E-state index contributed by atoms with van der Waals surface area (Å²) >= 11 is 0. The fraction of sp³-hybridized carbons (Fsp3) is 0.304. The Morgan fingerprint density at radius 3 is 2.43 bits per heavy atom. The number of amides is 1. The summed E-state index contributed by atoms with van der Waals surface area (Å²) in [6.45, 7) is 8.74. The Balaban J connectivity index is 0.00000450. The van der Waals surface area contributed by atoms with Crippen LogP contribution >= 0.6 is 12.4 Å². The van der Waals surface area contributed by atoms with Crippen LogP contribution in [0.1, 0.15) is 33.3 Å². The molecule has 162 valence electrons. The Kier molecular flexibility index (Phi) is 9.92. The first kappa shape index (κ1) is 25.0. The maximum absolute atomic E-state index is 12.7. The second-order valence-corrected chi connectivity index (χ2v) is 7.37. The number of halogens is 1. The maximum Gasteiger partial charge on any atom is 0.243 e. The van der Waals surface area contributed by atoms with Gasteiger partial charge in [-0.25, -0.2) is 0 Å². The Hall–Kier alpha value is -2.99. The van der Waals surface area contributed by atoms with E-state index in [1.165, 1.54) is 5.57 Å². The summed E-state index contributed by atoms with van der Waals surface area (Å²) in [5, 5.41) is 10.6. The zero-order valence-corrected chi connectivity index (χ0v) is 18.8. The molecule has 0 bridgehead atoms. The predicted molar refractivity (Wildman–Crippen MR) is 127 cm³/mol. The van der Waals surface area contributed by atoms with E-state index in [2.05, 4.69) is 11.4 Å². The molecule has 0 unspecified atom stereocenters. The van der Waals surface area contributed by atoms with Gasteiger partial charge in [-0.3, -0.25) is 10.2 Å². The summed E-state index contributed by atoms with van der Waals surface area (Å²) in [6.07, 6.45) is 2.16. The summed E-state index contributed by atoms with van der Waals surface area (Å²) in [5.74, 6) is 0.643. The number of nitrogens with two attached hydrogens (primary N) is 1. The molecule has 0 radical (unpaired) electrons. The zero-order valence-electron chi connectivity index (χ0n) is 17.9. The van der Waals surface area contributed by atoms with E-state index in [-0.39, 0.29) is 36.8 Å². The lowest BCUT2D eigenvalue weighted by atomic mass is 10.1. The lowest BCUT2D eigenvalue weighted by Crippen LogP contribution is -2.33. The molecule has 0 fully saturated rings. The van der Waals surface area contributed by atoms with Gasteiger partial charge in [-0.2, -0.15) is 0 Å².